The molecule has 0 spiro atoms. The van der Waals surface area contributed by atoms with Crippen molar-refractivity contribution in [3.8, 4) is 11.1 Å². The molecule has 3 aromatic rings. The van der Waals surface area contributed by atoms with Gasteiger partial charge in [-0.25, -0.2) is 9.59 Å². The minimum atomic E-state index is -1.08. The minimum Gasteiger partial charge on any atom is -0.478 e. The molecule has 35 heavy (non-hydrogen) atoms. The van der Waals surface area contributed by atoms with Crippen molar-refractivity contribution in [2.24, 2.45) is 11.8 Å². The molecule has 1 saturated carbocycles. The van der Waals surface area contributed by atoms with E-state index in [-0.39, 0.29) is 41.5 Å². The quantitative estimate of drug-likeness (QED) is 0.460. The smallest absolute Gasteiger partial charge is 0.407 e. The van der Waals surface area contributed by atoms with Crippen LogP contribution in [0.3, 0.4) is 0 Å². The lowest BCUT2D eigenvalue weighted by molar-refractivity contribution is -0.117. The summed E-state index contributed by atoms with van der Waals surface area (Å²) in [5.41, 5.74) is 5.61. The number of carboxylic acids is 1. The second-order valence-electron chi connectivity index (χ2n) is 9.10. The molecule has 2 atom stereocenters. The number of aryl methyl sites for hydroxylation is 1. The molecule has 178 valence electrons. The molecular formula is C28H26N2O5. The third kappa shape index (κ3) is 4.49. The molecule has 1 fully saturated rings. The molecule has 0 radical (unpaired) electrons. The van der Waals surface area contributed by atoms with Crippen LogP contribution in [0.4, 0.5) is 10.5 Å². The molecule has 3 N–H and O–H groups in total. The normalized spacial score (nSPS) is 17.7. The Hall–Kier alpha value is -4.13. The van der Waals surface area contributed by atoms with E-state index < -0.39 is 12.1 Å². The lowest BCUT2D eigenvalue weighted by Gasteiger charge is -2.14. The van der Waals surface area contributed by atoms with Crippen molar-refractivity contribution in [2.45, 2.75) is 19.3 Å². The lowest BCUT2D eigenvalue weighted by Crippen LogP contribution is -2.29. The van der Waals surface area contributed by atoms with Gasteiger partial charge in [0.05, 0.1) is 11.3 Å². The number of benzene rings is 3. The van der Waals surface area contributed by atoms with Crippen molar-refractivity contribution in [1.29, 1.82) is 0 Å². The second kappa shape index (κ2) is 9.25. The summed E-state index contributed by atoms with van der Waals surface area (Å²) in [6, 6.07) is 21.3. The van der Waals surface area contributed by atoms with Crippen LogP contribution >= 0.6 is 0 Å². The van der Waals surface area contributed by atoms with Crippen molar-refractivity contribution < 1.29 is 24.2 Å². The van der Waals surface area contributed by atoms with E-state index in [9.17, 15) is 19.5 Å². The Labute approximate surface area is 203 Å². The first kappa shape index (κ1) is 22.7. The van der Waals surface area contributed by atoms with Crippen molar-refractivity contribution in [3.05, 3.63) is 89.0 Å². The van der Waals surface area contributed by atoms with Crippen LogP contribution in [0.1, 0.15) is 39.4 Å². The molecule has 2 aliphatic carbocycles. The van der Waals surface area contributed by atoms with Gasteiger partial charge in [-0.1, -0.05) is 60.7 Å². The molecule has 7 heteroatoms. The fourth-order valence-electron chi connectivity index (χ4n) is 4.94. The van der Waals surface area contributed by atoms with Crippen LogP contribution in [-0.2, 0) is 9.53 Å². The van der Waals surface area contributed by atoms with Crippen molar-refractivity contribution in [1.82, 2.24) is 5.32 Å². The van der Waals surface area contributed by atoms with Crippen molar-refractivity contribution >= 4 is 23.7 Å². The van der Waals surface area contributed by atoms with Gasteiger partial charge in [0.15, 0.2) is 0 Å². The molecule has 0 unspecified atom stereocenters. The zero-order chi connectivity index (χ0) is 24.5. The maximum absolute atomic E-state index is 12.6. The van der Waals surface area contributed by atoms with E-state index in [1.165, 1.54) is 11.1 Å². The van der Waals surface area contributed by atoms with E-state index in [1.807, 2.05) is 24.3 Å². The first-order valence-electron chi connectivity index (χ1n) is 11.7. The number of hydrogen-bond donors (Lipinski definition) is 3. The highest BCUT2D eigenvalue weighted by atomic mass is 16.5. The van der Waals surface area contributed by atoms with Gasteiger partial charge >= 0.3 is 12.1 Å². The Morgan fingerprint density at radius 3 is 2.26 bits per heavy atom. The van der Waals surface area contributed by atoms with Gasteiger partial charge in [-0.15, -0.1) is 0 Å². The van der Waals surface area contributed by atoms with Gasteiger partial charge in [-0.2, -0.15) is 0 Å². The first-order chi connectivity index (χ1) is 16.9. The molecule has 3 aromatic carbocycles. The van der Waals surface area contributed by atoms with Gasteiger partial charge in [0.25, 0.3) is 0 Å². The molecule has 7 nitrogen and oxygen atoms in total. The van der Waals surface area contributed by atoms with Gasteiger partial charge in [-0.3, -0.25) is 4.79 Å². The van der Waals surface area contributed by atoms with Crippen LogP contribution in [0.25, 0.3) is 11.1 Å². The van der Waals surface area contributed by atoms with E-state index in [1.54, 1.807) is 25.1 Å². The molecule has 5 rings (SSSR count). The number of carbonyl (C=O) groups excluding carboxylic acids is 2. The Kier molecular flexibility index (Phi) is 5.99. The predicted octanol–water partition coefficient (Wildman–Crippen LogP) is 4.81. The zero-order valence-corrected chi connectivity index (χ0v) is 19.3. The number of nitrogens with one attached hydrogen (secondary N) is 2. The summed E-state index contributed by atoms with van der Waals surface area (Å²) in [6.07, 6.45) is 0.119. The Morgan fingerprint density at radius 1 is 0.943 bits per heavy atom. The van der Waals surface area contributed by atoms with E-state index >= 15 is 0 Å². The third-order valence-corrected chi connectivity index (χ3v) is 6.86. The van der Waals surface area contributed by atoms with Crippen molar-refractivity contribution in [3.63, 3.8) is 0 Å². The second-order valence-corrected chi connectivity index (χ2v) is 9.10. The number of amides is 2. The van der Waals surface area contributed by atoms with E-state index in [0.29, 0.717) is 18.5 Å². The van der Waals surface area contributed by atoms with Gasteiger partial charge in [0, 0.05) is 18.4 Å². The van der Waals surface area contributed by atoms with Gasteiger partial charge in [0.2, 0.25) is 5.91 Å². The fraction of sp³-hybridized carbons (Fsp3) is 0.250. The van der Waals surface area contributed by atoms with Gasteiger partial charge in [-0.05, 0) is 53.1 Å². The molecule has 0 saturated heterocycles. The number of fused-ring (bicyclic) bond motifs is 3. The summed E-state index contributed by atoms with van der Waals surface area (Å²) < 4.78 is 5.55. The fourth-order valence-corrected chi connectivity index (χ4v) is 4.94. The number of alkyl carbamates (subject to hydrolysis) is 1. The Bertz CT molecular complexity index is 1270. The summed E-state index contributed by atoms with van der Waals surface area (Å²) in [7, 11) is 0. The highest BCUT2D eigenvalue weighted by molar-refractivity contribution is 6.02. The van der Waals surface area contributed by atoms with E-state index in [0.717, 1.165) is 11.1 Å². The number of carbonyl (C=O) groups is 3. The summed E-state index contributed by atoms with van der Waals surface area (Å²) in [6.45, 7) is 2.26. The number of rotatable bonds is 7. The van der Waals surface area contributed by atoms with E-state index in [4.69, 9.17) is 4.74 Å². The molecule has 0 bridgehead atoms. The summed E-state index contributed by atoms with van der Waals surface area (Å²) >= 11 is 0. The van der Waals surface area contributed by atoms with Crippen molar-refractivity contribution in [2.75, 3.05) is 18.5 Å². The summed E-state index contributed by atoms with van der Waals surface area (Å²) in [5.74, 6) is -1.61. The first-order valence-corrected chi connectivity index (χ1v) is 11.7. The Morgan fingerprint density at radius 2 is 1.60 bits per heavy atom. The maximum atomic E-state index is 12.6. The molecule has 0 heterocycles. The highest BCUT2D eigenvalue weighted by Crippen LogP contribution is 2.44. The number of hydrogen-bond acceptors (Lipinski definition) is 4. The molecule has 2 aliphatic rings. The summed E-state index contributed by atoms with van der Waals surface area (Å²) in [5, 5.41) is 14.9. The van der Waals surface area contributed by atoms with Gasteiger partial charge in [0.1, 0.15) is 6.61 Å². The van der Waals surface area contributed by atoms with Gasteiger partial charge < -0.3 is 20.5 Å². The Balaban J connectivity index is 1.12. The number of aromatic carboxylic acids is 1. The van der Waals surface area contributed by atoms with Crippen LogP contribution in [0, 0.1) is 18.8 Å². The maximum Gasteiger partial charge on any atom is 0.407 e. The van der Waals surface area contributed by atoms with Crippen LogP contribution in [0.15, 0.2) is 66.7 Å². The monoisotopic (exact) mass is 470 g/mol. The zero-order valence-electron chi connectivity index (χ0n) is 19.3. The van der Waals surface area contributed by atoms with Crippen LogP contribution in [0.5, 0.6) is 0 Å². The third-order valence-electron chi connectivity index (χ3n) is 6.86. The minimum absolute atomic E-state index is 0.00595. The number of anilines is 1. The molecule has 0 aromatic heterocycles. The lowest BCUT2D eigenvalue weighted by atomic mass is 9.98. The topological polar surface area (TPSA) is 105 Å². The summed E-state index contributed by atoms with van der Waals surface area (Å²) in [4.78, 5) is 36.5. The number of ether oxygens (including phenoxy) is 1. The van der Waals surface area contributed by atoms with Crippen LogP contribution in [-0.4, -0.2) is 36.2 Å². The largest absolute Gasteiger partial charge is 0.478 e. The SMILES string of the molecule is Cc1cccc(NC(=O)[C@@H]2C[C@@H]2CNC(=O)OCC2c3ccccc3-c3ccccc32)c1C(=O)O. The van der Waals surface area contributed by atoms with E-state index in [2.05, 4.69) is 34.9 Å². The highest BCUT2D eigenvalue weighted by Gasteiger charge is 2.43. The van der Waals surface area contributed by atoms with Crippen LogP contribution < -0.4 is 10.6 Å². The molecule has 0 aliphatic heterocycles. The molecule has 2 amide bonds. The average Bonchev–Trinajstić information content (AvgIpc) is 3.56. The number of carboxylic acid groups (broad SMARTS) is 1. The molecular weight excluding hydrogens is 444 g/mol. The standard InChI is InChI=1S/C28H26N2O5/c1-16-7-6-12-24(25(16)27(32)33)30-26(31)22-13-17(22)14-29-28(34)35-15-23-20-10-4-2-8-18(20)19-9-3-5-11-21(19)23/h2-12,17,22-23H,13-15H2,1H3,(H,29,34)(H,30,31)(H,32,33)/t17-,22-/m1/s1. The predicted molar refractivity (Wildman–Crippen MR) is 131 cm³/mol. The average molecular weight is 471 g/mol. The van der Waals surface area contributed by atoms with Crippen LogP contribution in [0.2, 0.25) is 0 Å².